The van der Waals surface area contributed by atoms with Crippen LogP contribution in [0.3, 0.4) is 0 Å². The second-order valence-electron chi connectivity index (χ2n) is 5.17. The van der Waals surface area contributed by atoms with Gasteiger partial charge in [0.25, 0.3) is 11.9 Å². The Morgan fingerprint density at radius 1 is 1.16 bits per heavy atom. The number of methoxy groups -OCH3 is 1. The molecule has 1 unspecified atom stereocenters. The molecule has 1 atom stereocenters. The molecule has 0 radical (unpaired) electrons. The zero-order valence-electron chi connectivity index (χ0n) is 13.0. The van der Waals surface area contributed by atoms with Gasteiger partial charge in [-0.1, -0.05) is 12.1 Å². The Labute approximate surface area is 140 Å². The molecule has 0 aliphatic carbocycles. The Hall–Kier alpha value is -2.84. The molecule has 9 heteroatoms. The molecule has 0 fully saturated rings. The molecule has 0 aliphatic rings. The van der Waals surface area contributed by atoms with Crippen molar-refractivity contribution in [3.05, 3.63) is 53.4 Å². The Morgan fingerprint density at radius 2 is 1.72 bits per heavy atom. The topological polar surface area (TPSA) is 71.5 Å². The molecular weight excluding hydrogens is 344 g/mol. The van der Waals surface area contributed by atoms with Crippen molar-refractivity contribution in [2.75, 3.05) is 19.0 Å². The maximum atomic E-state index is 13.6. The number of halogens is 4. The number of carbonyl (C=O) groups excluding carboxylic acids is 1. The highest BCUT2D eigenvalue weighted by molar-refractivity contribution is 5.73. The third kappa shape index (κ3) is 4.37. The number of carbonyl (C=O) groups is 1. The summed E-state index contributed by atoms with van der Waals surface area (Å²) in [4.78, 5) is 14.3. The Kier molecular flexibility index (Phi) is 5.79. The molecule has 1 aromatic carbocycles. The van der Waals surface area contributed by atoms with Crippen LogP contribution in [0, 0.1) is 29.4 Å². The second kappa shape index (κ2) is 7.82. The monoisotopic (exact) mass is 358 g/mol. The van der Waals surface area contributed by atoms with E-state index in [2.05, 4.69) is 15.0 Å². The molecule has 0 amide bonds. The zero-order valence-corrected chi connectivity index (χ0v) is 13.0. The maximum absolute atomic E-state index is 13.6. The highest BCUT2D eigenvalue weighted by Gasteiger charge is 2.24. The molecule has 0 aliphatic heterocycles. The van der Waals surface area contributed by atoms with Gasteiger partial charge in [0.05, 0.1) is 13.0 Å². The highest BCUT2D eigenvalue weighted by atomic mass is 19.2. The van der Waals surface area contributed by atoms with Gasteiger partial charge in [0.15, 0.2) is 0 Å². The van der Waals surface area contributed by atoms with Gasteiger partial charge in [0, 0.05) is 6.54 Å². The lowest BCUT2D eigenvalue weighted by Gasteiger charge is -2.17. The third-order valence-electron chi connectivity index (χ3n) is 3.48. The largest absolute Gasteiger partial charge is 0.508 e. The molecule has 1 heterocycles. The van der Waals surface area contributed by atoms with Crippen LogP contribution >= 0.6 is 0 Å². The molecule has 25 heavy (non-hydrogen) atoms. The summed E-state index contributed by atoms with van der Waals surface area (Å²) in [5, 5.41) is 11.4. The molecule has 0 spiro atoms. The van der Waals surface area contributed by atoms with Crippen LogP contribution in [-0.4, -0.2) is 29.7 Å². The first-order chi connectivity index (χ1) is 11.8. The molecule has 0 bridgehead atoms. The number of aromatic nitrogens is 1. The van der Waals surface area contributed by atoms with Crippen LogP contribution in [0.25, 0.3) is 0 Å². The minimum absolute atomic E-state index is 0.0309. The number of hydrogen-bond donors (Lipinski definition) is 2. The first-order valence-electron chi connectivity index (χ1n) is 7.13. The number of nitrogens with zero attached hydrogens (tertiary/aromatic N) is 1. The highest BCUT2D eigenvalue weighted by Crippen LogP contribution is 2.23. The van der Waals surface area contributed by atoms with Crippen molar-refractivity contribution >= 4 is 11.7 Å². The van der Waals surface area contributed by atoms with Gasteiger partial charge >= 0.3 is 5.97 Å². The zero-order chi connectivity index (χ0) is 18.6. The normalized spacial score (nSPS) is 11.9. The van der Waals surface area contributed by atoms with Gasteiger partial charge in [-0.05, 0) is 24.1 Å². The Balaban J connectivity index is 2.18. The smallest absolute Gasteiger partial charge is 0.310 e. The predicted octanol–water partition coefficient (Wildman–Crippen LogP) is 2.79. The van der Waals surface area contributed by atoms with Gasteiger partial charge in [-0.15, -0.1) is 0 Å². The summed E-state index contributed by atoms with van der Waals surface area (Å²) in [6.45, 7) is -0.343. The van der Waals surface area contributed by atoms with E-state index in [9.17, 15) is 27.5 Å². The average molecular weight is 358 g/mol. The number of hydrogen-bond acceptors (Lipinski definition) is 5. The number of phenolic OH excluding ortho intramolecular Hbond substituents is 1. The average Bonchev–Trinajstić information content (AvgIpc) is 2.60. The van der Waals surface area contributed by atoms with E-state index in [0.29, 0.717) is 5.56 Å². The van der Waals surface area contributed by atoms with E-state index >= 15 is 0 Å². The van der Waals surface area contributed by atoms with E-state index in [1.54, 1.807) is 12.1 Å². The first-order valence-corrected chi connectivity index (χ1v) is 7.13. The molecule has 2 aromatic rings. The summed E-state index contributed by atoms with van der Waals surface area (Å²) >= 11 is 0. The lowest BCUT2D eigenvalue weighted by Crippen LogP contribution is -2.27. The minimum Gasteiger partial charge on any atom is -0.508 e. The van der Waals surface area contributed by atoms with Gasteiger partial charge in [-0.2, -0.15) is 22.5 Å². The fourth-order valence-corrected chi connectivity index (χ4v) is 2.19. The van der Waals surface area contributed by atoms with Crippen LogP contribution < -0.4 is 5.32 Å². The standard InChI is InChI=1S/C16H14F4N2O3/c1-25-16(24)9(6-8-2-4-10(23)5-3-8)7-21-13-11(17)14(19)22-15(20)12(13)18/h2-5,9,23H,6-7H2,1H3,(H,21,22). The number of aromatic hydroxyl groups is 1. The van der Waals surface area contributed by atoms with Crippen molar-refractivity contribution in [3.63, 3.8) is 0 Å². The number of benzene rings is 1. The second-order valence-corrected chi connectivity index (χ2v) is 5.17. The van der Waals surface area contributed by atoms with Crippen molar-refractivity contribution in [2.24, 2.45) is 5.92 Å². The molecule has 2 N–H and O–H groups in total. The van der Waals surface area contributed by atoms with Gasteiger partial charge in [-0.3, -0.25) is 4.79 Å². The number of nitrogens with one attached hydrogen (secondary N) is 1. The summed E-state index contributed by atoms with van der Waals surface area (Å²) in [5.41, 5.74) is -0.410. The number of phenols is 1. The van der Waals surface area contributed by atoms with Gasteiger partial charge in [0.1, 0.15) is 11.4 Å². The lowest BCUT2D eigenvalue weighted by molar-refractivity contribution is -0.144. The van der Waals surface area contributed by atoms with E-state index < -0.39 is 41.1 Å². The molecule has 2 rings (SSSR count). The summed E-state index contributed by atoms with van der Waals surface area (Å²) in [6, 6.07) is 5.92. The molecule has 5 nitrogen and oxygen atoms in total. The van der Waals surface area contributed by atoms with Gasteiger partial charge in [-0.25, -0.2) is 0 Å². The maximum Gasteiger partial charge on any atom is 0.310 e. The Morgan fingerprint density at radius 3 is 2.24 bits per heavy atom. The van der Waals surface area contributed by atoms with E-state index in [1.165, 1.54) is 12.1 Å². The lowest BCUT2D eigenvalue weighted by atomic mass is 9.99. The van der Waals surface area contributed by atoms with Crippen LogP contribution in [0.15, 0.2) is 24.3 Å². The van der Waals surface area contributed by atoms with Crippen LogP contribution in [0.5, 0.6) is 5.75 Å². The van der Waals surface area contributed by atoms with Crippen LogP contribution in [0.2, 0.25) is 0 Å². The van der Waals surface area contributed by atoms with E-state index in [0.717, 1.165) is 7.11 Å². The predicted molar refractivity (Wildman–Crippen MR) is 79.9 cm³/mol. The van der Waals surface area contributed by atoms with Gasteiger partial charge in [0.2, 0.25) is 11.6 Å². The number of pyridine rings is 1. The third-order valence-corrected chi connectivity index (χ3v) is 3.48. The van der Waals surface area contributed by atoms with Crippen LogP contribution in [0.4, 0.5) is 23.2 Å². The van der Waals surface area contributed by atoms with Crippen molar-refractivity contribution in [3.8, 4) is 5.75 Å². The van der Waals surface area contributed by atoms with E-state index in [1.807, 2.05) is 0 Å². The number of anilines is 1. The fourth-order valence-electron chi connectivity index (χ4n) is 2.19. The summed E-state index contributed by atoms with van der Waals surface area (Å²) in [5.74, 6) is -8.52. The van der Waals surface area contributed by atoms with Crippen molar-refractivity contribution in [1.82, 2.24) is 4.98 Å². The number of ether oxygens (including phenoxy) is 1. The molecular formula is C16H14F4N2O3. The number of esters is 1. The van der Waals surface area contributed by atoms with Crippen LogP contribution in [0.1, 0.15) is 5.56 Å². The summed E-state index contributed by atoms with van der Waals surface area (Å²) < 4.78 is 58.0. The van der Waals surface area contributed by atoms with Crippen molar-refractivity contribution in [1.29, 1.82) is 0 Å². The fraction of sp³-hybridized carbons (Fsp3) is 0.250. The molecule has 134 valence electrons. The first kappa shape index (κ1) is 18.5. The Bertz CT molecular complexity index is 743. The molecule has 0 saturated heterocycles. The summed E-state index contributed by atoms with van der Waals surface area (Å²) in [6.07, 6.45) is 0.110. The van der Waals surface area contributed by atoms with Crippen LogP contribution in [-0.2, 0) is 16.0 Å². The van der Waals surface area contributed by atoms with E-state index in [4.69, 9.17) is 0 Å². The van der Waals surface area contributed by atoms with Crippen molar-refractivity contribution in [2.45, 2.75) is 6.42 Å². The van der Waals surface area contributed by atoms with Crippen molar-refractivity contribution < 1.29 is 32.2 Å². The number of rotatable bonds is 6. The minimum atomic E-state index is -1.80. The quantitative estimate of drug-likeness (QED) is 0.472. The van der Waals surface area contributed by atoms with Gasteiger partial charge < -0.3 is 15.2 Å². The molecule has 1 aromatic heterocycles. The van der Waals surface area contributed by atoms with E-state index in [-0.39, 0.29) is 18.7 Å². The molecule has 0 saturated carbocycles. The SMILES string of the molecule is COC(=O)C(CNc1c(F)c(F)nc(F)c1F)Cc1ccc(O)cc1. The summed E-state index contributed by atoms with van der Waals surface area (Å²) in [7, 11) is 1.14.